The van der Waals surface area contributed by atoms with Crippen LogP contribution < -0.4 is 4.90 Å². The Morgan fingerprint density at radius 3 is 2.27 bits per heavy atom. The van der Waals surface area contributed by atoms with Crippen molar-refractivity contribution in [2.45, 2.75) is 56.4 Å². The van der Waals surface area contributed by atoms with E-state index in [2.05, 4.69) is 28.1 Å². The minimum Gasteiger partial charge on any atom is -0.444 e. The smallest absolute Gasteiger partial charge is 0.410 e. The van der Waals surface area contributed by atoms with Crippen molar-refractivity contribution in [3.8, 4) is 0 Å². The molecule has 2 aliphatic rings. The summed E-state index contributed by atoms with van der Waals surface area (Å²) in [6, 6.07) is 8.33. The molecule has 2 amide bonds. The van der Waals surface area contributed by atoms with Crippen molar-refractivity contribution in [2.75, 3.05) is 24.5 Å². The lowest BCUT2D eigenvalue weighted by Gasteiger charge is -2.33. The predicted octanol–water partition coefficient (Wildman–Crippen LogP) is 4.30. The van der Waals surface area contributed by atoms with Gasteiger partial charge in [0, 0.05) is 36.6 Å². The molecular weight excluding hydrogens is 396 g/mol. The molecule has 1 atom stereocenters. The van der Waals surface area contributed by atoms with Gasteiger partial charge in [0.25, 0.3) is 0 Å². The van der Waals surface area contributed by atoms with Gasteiger partial charge in [0.15, 0.2) is 0 Å². The number of piperidine rings is 1. The van der Waals surface area contributed by atoms with E-state index < -0.39 is 5.60 Å². The van der Waals surface area contributed by atoms with Crippen LogP contribution in [0.25, 0.3) is 0 Å². The van der Waals surface area contributed by atoms with Gasteiger partial charge in [-0.1, -0.05) is 28.1 Å². The number of alkyl halides is 1. The Balaban J connectivity index is 1.57. The Hall–Kier alpha value is -1.56. The van der Waals surface area contributed by atoms with Crippen molar-refractivity contribution in [3.63, 3.8) is 0 Å². The second kappa shape index (κ2) is 7.59. The minimum atomic E-state index is -0.453. The van der Waals surface area contributed by atoms with Gasteiger partial charge in [0.05, 0.1) is 0 Å². The Morgan fingerprint density at radius 2 is 1.77 bits per heavy atom. The van der Waals surface area contributed by atoms with Crippen molar-refractivity contribution < 1.29 is 14.3 Å². The first kappa shape index (κ1) is 19.2. The Kier molecular flexibility index (Phi) is 5.61. The van der Waals surface area contributed by atoms with Crippen LogP contribution in [0, 0.1) is 0 Å². The number of likely N-dealkylation sites (tertiary alicyclic amines) is 1. The van der Waals surface area contributed by atoms with Crippen LogP contribution in [-0.2, 0) is 9.53 Å². The number of ether oxygens (including phenoxy) is 1. The number of rotatable bonds is 2. The summed E-state index contributed by atoms with van der Waals surface area (Å²) in [6.45, 7) is 7.84. The standard InChI is InChI=1S/C20H27BrN2O3/c1-20(2,3)26-19(25)22-10-8-15(9-11-22)14-4-6-17(7-5-14)23-13-16(21)12-18(23)24/h4-7,15-16H,8-13H2,1-3H3. The van der Waals surface area contributed by atoms with Gasteiger partial charge >= 0.3 is 6.09 Å². The van der Waals surface area contributed by atoms with Gasteiger partial charge in [-0.2, -0.15) is 0 Å². The lowest BCUT2D eigenvalue weighted by atomic mass is 9.89. The molecule has 142 valence electrons. The average molecular weight is 423 g/mol. The van der Waals surface area contributed by atoms with Crippen LogP contribution in [0.5, 0.6) is 0 Å². The number of carbonyl (C=O) groups is 2. The van der Waals surface area contributed by atoms with Crippen molar-refractivity contribution in [1.29, 1.82) is 0 Å². The Morgan fingerprint density at radius 1 is 1.15 bits per heavy atom. The number of hydrogen-bond acceptors (Lipinski definition) is 3. The fourth-order valence-electron chi connectivity index (χ4n) is 3.56. The highest BCUT2D eigenvalue weighted by Crippen LogP contribution is 2.31. The molecule has 2 saturated heterocycles. The molecule has 0 aliphatic carbocycles. The quantitative estimate of drug-likeness (QED) is 0.667. The molecule has 26 heavy (non-hydrogen) atoms. The maximum absolute atomic E-state index is 12.2. The first-order valence-electron chi connectivity index (χ1n) is 9.25. The van der Waals surface area contributed by atoms with Crippen molar-refractivity contribution in [2.24, 2.45) is 0 Å². The van der Waals surface area contributed by atoms with Crippen LogP contribution in [0.4, 0.5) is 10.5 Å². The van der Waals surface area contributed by atoms with Crippen molar-refractivity contribution in [1.82, 2.24) is 4.90 Å². The molecule has 2 fully saturated rings. The molecule has 0 N–H and O–H groups in total. The molecule has 0 saturated carbocycles. The van der Waals surface area contributed by atoms with Gasteiger partial charge in [0.1, 0.15) is 5.60 Å². The molecule has 2 heterocycles. The van der Waals surface area contributed by atoms with Crippen LogP contribution in [0.2, 0.25) is 0 Å². The zero-order chi connectivity index (χ0) is 18.9. The van der Waals surface area contributed by atoms with Gasteiger partial charge in [-0.3, -0.25) is 4.79 Å². The van der Waals surface area contributed by atoms with E-state index in [4.69, 9.17) is 4.74 Å². The normalized spacial score (nSPS) is 22.0. The first-order valence-corrected chi connectivity index (χ1v) is 10.2. The van der Waals surface area contributed by atoms with Crippen LogP contribution in [-0.4, -0.2) is 47.0 Å². The molecule has 2 aliphatic heterocycles. The molecule has 3 rings (SSSR count). The SMILES string of the molecule is CC(C)(C)OC(=O)N1CCC(c2ccc(N3CC(Br)CC3=O)cc2)CC1. The molecule has 0 spiro atoms. The van der Waals surface area contributed by atoms with E-state index in [0.29, 0.717) is 12.3 Å². The lowest BCUT2D eigenvalue weighted by Crippen LogP contribution is -2.41. The maximum Gasteiger partial charge on any atom is 0.410 e. The van der Waals surface area contributed by atoms with Gasteiger partial charge in [0.2, 0.25) is 5.91 Å². The summed E-state index contributed by atoms with van der Waals surface area (Å²) in [6.07, 6.45) is 2.21. The number of anilines is 1. The number of benzene rings is 1. The number of halogens is 1. The van der Waals surface area contributed by atoms with E-state index in [-0.39, 0.29) is 16.8 Å². The number of carbonyl (C=O) groups excluding carboxylic acids is 2. The minimum absolute atomic E-state index is 0.172. The largest absolute Gasteiger partial charge is 0.444 e. The van der Waals surface area contributed by atoms with Gasteiger partial charge in [-0.15, -0.1) is 0 Å². The van der Waals surface area contributed by atoms with E-state index >= 15 is 0 Å². The van der Waals surface area contributed by atoms with Gasteiger partial charge in [-0.25, -0.2) is 4.79 Å². The third-order valence-electron chi connectivity index (χ3n) is 4.90. The summed E-state index contributed by atoms with van der Waals surface area (Å²) in [5.74, 6) is 0.617. The summed E-state index contributed by atoms with van der Waals surface area (Å²) in [4.78, 5) is 28.1. The predicted molar refractivity (Wildman–Crippen MR) is 106 cm³/mol. The topological polar surface area (TPSA) is 49.9 Å². The highest BCUT2D eigenvalue weighted by Gasteiger charge is 2.30. The lowest BCUT2D eigenvalue weighted by molar-refractivity contribution is -0.117. The van der Waals surface area contributed by atoms with Crippen LogP contribution >= 0.6 is 15.9 Å². The average Bonchev–Trinajstić information content (AvgIpc) is 2.92. The number of amides is 2. The summed E-state index contributed by atoms with van der Waals surface area (Å²) in [7, 11) is 0. The Labute approximate surface area is 163 Å². The van der Waals surface area contributed by atoms with Crippen molar-refractivity contribution in [3.05, 3.63) is 29.8 Å². The second-order valence-electron chi connectivity index (χ2n) is 8.14. The third kappa shape index (κ3) is 4.58. The maximum atomic E-state index is 12.2. The fraction of sp³-hybridized carbons (Fsp3) is 0.600. The summed E-state index contributed by atoms with van der Waals surface area (Å²) >= 11 is 3.52. The fourth-order valence-corrected chi connectivity index (χ4v) is 4.13. The van der Waals surface area contributed by atoms with Crippen LogP contribution in [0.1, 0.15) is 51.5 Å². The van der Waals surface area contributed by atoms with E-state index in [1.54, 1.807) is 4.90 Å². The highest BCUT2D eigenvalue weighted by molar-refractivity contribution is 9.09. The van der Waals surface area contributed by atoms with E-state index in [1.807, 2.05) is 37.8 Å². The van der Waals surface area contributed by atoms with E-state index in [1.165, 1.54) is 5.56 Å². The van der Waals surface area contributed by atoms with E-state index in [0.717, 1.165) is 38.2 Å². The number of hydrogen-bond donors (Lipinski definition) is 0. The summed E-state index contributed by atoms with van der Waals surface area (Å²) in [5, 5.41) is 0. The monoisotopic (exact) mass is 422 g/mol. The van der Waals surface area contributed by atoms with Crippen LogP contribution in [0.3, 0.4) is 0 Å². The molecule has 0 aromatic heterocycles. The van der Waals surface area contributed by atoms with Gasteiger partial charge < -0.3 is 14.5 Å². The molecular formula is C20H27BrN2O3. The molecule has 1 aromatic carbocycles. The summed E-state index contributed by atoms with van der Waals surface area (Å²) in [5.41, 5.74) is 1.79. The van der Waals surface area contributed by atoms with Crippen LogP contribution in [0.15, 0.2) is 24.3 Å². The number of nitrogens with zero attached hydrogens (tertiary/aromatic N) is 2. The first-order chi connectivity index (χ1) is 12.2. The zero-order valence-electron chi connectivity index (χ0n) is 15.7. The molecule has 0 bridgehead atoms. The molecule has 5 nitrogen and oxygen atoms in total. The van der Waals surface area contributed by atoms with E-state index in [9.17, 15) is 9.59 Å². The molecule has 6 heteroatoms. The highest BCUT2D eigenvalue weighted by atomic mass is 79.9. The molecule has 1 unspecified atom stereocenters. The molecule has 1 aromatic rings. The molecule has 0 radical (unpaired) electrons. The second-order valence-corrected chi connectivity index (χ2v) is 9.43. The Bertz CT molecular complexity index is 661. The third-order valence-corrected chi connectivity index (χ3v) is 5.51. The van der Waals surface area contributed by atoms with Gasteiger partial charge in [-0.05, 0) is 57.2 Å². The zero-order valence-corrected chi connectivity index (χ0v) is 17.3. The van der Waals surface area contributed by atoms with Crippen molar-refractivity contribution >= 4 is 33.6 Å². The summed E-state index contributed by atoms with van der Waals surface area (Å²) < 4.78 is 5.46.